The molecule has 0 saturated carbocycles. The Hall–Kier alpha value is -3.35. The lowest BCUT2D eigenvalue weighted by Gasteiger charge is -2.10. The number of nitrogens with two attached hydrogens (primary N) is 1. The molecule has 2 heterocycles. The second kappa shape index (κ2) is 6.12. The number of pyridine rings is 1. The van der Waals surface area contributed by atoms with E-state index in [2.05, 4.69) is 4.98 Å². The standard InChI is InChI=1S/C20H14F3N3O/c21-20(22,23)12-7-8-14-17(10-12)26(11-13-4-1-2-9-25-13)16-6-3-5-15(18(14)16)19(24)27/h1-10H,11H2,(H2,24,27). The topological polar surface area (TPSA) is 60.9 Å². The largest absolute Gasteiger partial charge is 0.416 e. The van der Waals surface area contributed by atoms with Gasteiger partial charge in [0.1, 0.15) is 0 Å². The molecule has 0 radical (unpaired) electrons. The Labute approximate surface area is 152 Å². The molecule has 0 aliphatic rings. The van der Waals surface area contributed by atoms with Crippen molar-refractivity contribution in [2.24, 2.45) is 5.73 Å². The number of halogens is 3. The number of hydrogen-bond donors (Lipinski definition) is 1. The van der Waals surface area contributed by atoms with Gasteiger partial charge in [-0.2, -0.15) is 13.2 Å². The molecule has 1 amide bonds. The van der Waals surface area contributed by atoms with Gasteiger partial charge in [0.15, 0.2) is 0 Å². The highest BCUT2D eigenvalue weighted by molar-refractivity contribution is 6.18. The van der Waals surface area contributed by atoms with Gasteiger partial charge in [-0.25, -0.2) is 0 Å². The average molecular weight is 369 g/mol. The van der Waals surface area contributed by atoms with Gasteiger partial charge in [-0.15, -0.1) is 0 Å². The van der Waals surface area contributed by atoms with Crippen molar-refractivity contribution in [1.29, 1.82) is 0 Å². The van der Waals surface area contributed by atoms with Crippen LogP contribution in [-0.4, -0.2) is 15.5 Å². The van der Waals surface area contributed by atoms with Crippen LogP contribution in [0.3, 0.4) is 0 Å². The van der Waals surface area contributed by atoms with Gasteiger partial charge < -0.3 is 10.3 Å². The van der Waals surface area contributed by atoms with Gasteiger partial charge >= 0.3 is 6.18 Å². The van der Waals surface area contributed by atoms with E-state index >= 15 is 0 Å². The van der Waals surface area contributed by atoms with Crippen molar-refractivity contribution >= 4 is 27.7 Å². The minimum absolute atomic E-state index is 0.268. The molecule has 0 bridgehead atoms. The van der Waals surface area contributed by atoms with Gasteiger partial charge in [0.25, 0.3) is 0 Å². The third-order valence-corrected chi connectivity index (χ3v) is 4.53. The molecule has 0 atom stereocenters. The number of amides is 1. The summed E-state index contributed by atoms with van der Waals surface area (Å²) in [5, 5.41) is 1.09. The van der Waals surface area contributed by atoms with E-state index in [4.69, 9.17) is 5.73 Å². The first-order chi connectivity index (χ1) is 12.9. The molecule has 2 aromatic heterocycles. The van der Waals surface area contributed by atoms with Crippen molar-refractivity contribution in [2.45, 2.75) is 12.7 Å². The molecule has 4 rings (SSSR count). The first kappa shape index (κ1) is 17.1. The van der Waals surface area contributed by atoms with E-state index in [-0.39, 0.29) is 12.1 Å². The summed E-state index contributed by atoms with van der Waals surface area (Å²) in [5.74, 6) is -0.627. The van der Waals surface area contributed by atoms with Gasteiger partial charge in [-0.1, -0.05) is 18.2 Å². The van der Waals surface area contributed by atoms with Crippen molar-refractivity contribution in [2.75, 3.05) is 0 Å². The number of nitrogens with zero attached hydrogens (tertiary/aromatic N) is 2. The lowest BCUT2D eigenvalue weighted by atomic mass is 10.0. The molecule has 4 nitrogen and oxygen atoms in total. The van der Waals surface area contributed by atoms with Crippen molar-refractivity contribution in [1.82, 2.24) is 9.55 Å². The normalized spacial score (nSPS) is 12.0. The van der Waals surface area contributed by atoms with Gasteiger partial charge in [-0.3, -0.25) is 9.78 Å². The number of alkyl halides is 3. The van der Waals surface area contributed by atoms with Gasteiger partial charge in [0.05, 0.1) is 28.8 Å². The Morgan fingerprint density at radius 1 is 1.04 bits per heavy atom. The Bertz CT molecular complexity index is 1160. The Morgan fingerprint density at radius 3 is 2.52 bits per heavy atom. The van der Waals surface area contributed by atoms with Crippen LogP contribution in [0.15, 0.2) is 60.8 Å². The SMILES string of the molecule is NC(=O)c1cccc2c1c1ccc(C(F)(F)F)cc1n2Cc1ccccn1. The summed E-state index contributed by atoms with van der Waals surface area (Å²) >= 11 is 0. The molecular weight excluding hydrogens is 355 g/mol. The van der Waals surface area contributed by atoms with Crippen molar-refractivity contribution < 1.29 is 18.0 Å². The van der Waals surface area contributed by atoms with E-state index in [0.29, 0.717) is 27.5 Å². The molecule has 136 valence electrons. The van der Waals surface area contributed by atoms with E-state index in [0.717, 1.165) is 12.1 Å². The molecule has 0 aliphatic carbocycles. The van der Waals surface area contributed by atoms with Crippen LogP contribution >= 0.6 is 0 Å². The maximum Gasteiger partial charge on any atom is 0.416 e. The van der Waals surface area contributed by atoms with Crippen LogP contribution < -0.4 is 5.73 Å². The van der Waals surface area contributed by atoms with Crippen LogP contribution in [0, 0.1) is 0 Å². The van der Waals surface area contributed by atoms with Crippen LogP contribution in [0.5, 0.6) is 0 Å². The first-order valence-electron chi connectivity index (χ1n) is 8.18. The minimum atomic E-state index is -4.47. The molecule has 0 spiro atoms. The summed E-state index contributed by atoms with van der Waals surface area (Å²) in [5.41, 5.74) is 6.71. The third-order valence-electron chi connectivity index (χ3n) is 4.53. The molecule has 7 heteroatoms. The lowest BCUT2D eigenvalue weighted by molar-refractivity contribution is -0.137. The quantitative estimate of drug-likeness (QED) is 0.583. The summed E-state index contributed by atoms with van der Waals surface area (Å²) in [6, 6.07) is 13.9. The second-order valence-corrected chi connectivity index (χ2v) is 6.20. The summed E-state index contributed by atoms with van der Waals surface area (Å²) in [4.78, 5) is 16.1. The van der Waals surface area contributed by atoms with Crippen molar-refractivity contribution in [3.63, 3.8) is 0 Å². The predicted octanol–water partition coefficient (Wildman–Crippen LogP) is 4.36. The van der Waals surface area contributed by atoms with Crippen LogP contribution in [-0.2, 0) is 12.7 Å². The Balaban J connectivity index is 2.07. The minimum Gasteiger partial charge on any atom is -0.366 e. The van der Waals surface area contributed by atoms with Crippen LogP contribution in [0.25, 0.3) is 21.8 Å². The number of hydrogen-bond acceptors (Lipinski definition) is 2. The summed E-state index contributed by atoms with van der Waals surface area (Å²) in [6.45, 7) is 0.268. The maximum atomic E-state index is 13.2. The first-order valence-corrected chi connectivity index (χ1v) is 8.18. The molecular formula is C20H14F3N3O. The Kier molecular flexibility index (Phi) is 3.87. The highest BCUT2D eigenvalue weighted by atomic mass is 19.4. The predicted molar refractivity (Wildman–Crippen MR) is 96.3 cm³/mol. The number of carbonyl (C=O) groups is 1. The van der Waals surface area contributed by atoms with E-state index < -0.39 is 17.6 Å². The van der Waals surface area contributed by atoms with E-state index in [9.17, 15) is 18.0 Å². The molecule has 2 aromatic carbocycles. The fraction of sp³-hybridized carbons (Fsp3) is 0.100. The second-order valence-electron chi connectivity index (χ2n) is 6.20. The molecule has 0 aliphatic heterocycles. The number of benzene rings is 2. The van der Waals surface area contributed by atoms with Gasteiger partial charge in [0, 0.05) is 22.5 Å². The molecule has 0 fully saturated rings. The van der Waals surface area contributed by atoms with Gasteiger partial charge in [-0.05, 0) is 36.4 Å². The molecule has 0 unspecified atom stereocenters. The third kappa shape index (κ3) is 2.91. The fourth-order valence-electron chi connectivity index (χ4n) is 3.35. The summed E-state index contributed by atoms with van der Waals surface area (Å²) in [7, 11) is 0. The van der Waals surface area contributed by atoms with E-state index in [1.807, 2.05) is 6.07 Å². The zero-order valence-corrected chi connectivity index (χ0v) is 14.0. The van der Waals surface area contributed by atoms with Gasteiger partial charge in [0.2, 0.25) is 5.91 Å². The summed E-state index contributed by atoms with van der Waals surface area (Å²) < 4.78 is 41.5. The van der Waals surface area contributed by atoms with E-state index in [1.165, 1.54) is 6.07 Å². The van der Waals surface area contributed by atoms with Crippen LogP contribution in [0.2, 0.25) is 0 Å². The highest BCUT2D eigenvalue weighted by Gasteiger charge is 2.31. The highest BCUT2D eigenvalue weighted by Crippen LogP contribution is 2.36. The maximum absolute atomic E-state index is 13.2. The number of rotatable bonds is 3. The number of aromatic nitrogens is 2. The van der Waals surface area contributed by atoms with Crippen LogP contribution in [0.4, 0.5) is 13.2 Å². The lowest BCUT2D eigenvalue weighted by Crippen LogP contribution is -2.11. The zero-order chi connectivity index (χ0) is 19.2. The monoisotopic (exact) mass is 369 g/mol. The molecule has 4 aromatic rings. The van der Waals surface area contributed by atoms with Crippen molar-refractivity contribution in [3.05, 3.63) is 77.6 Å². The Morgan fingerprint density at radius 2 is 1.85 bits per heavy atom. The van der Waals surface area contributed by atoms with Crippen molar-refractivity contribution in [3.8, 4) is 0 Å². The zero-order valence-electron chi connectivity index (χ0n) is 14.0. The summed E-state index contributed by atoms with van der Waals surface area (Å²) in [6.07, 6.45) is -2.84. The average Bonchev–Trinajstić information content (AvgIpc) is 2.95. The van der Waals surface area contributed by atoms with E-state index in [1.54, 1.807) is 41.1 Å². The number of carbonyl (C=O) groups excluding carboxylic acids is 1. The molecule has 0 saturated heterocycles. The smallest absolute Gasteiger partial charge is 0.366 e. The van der Waals surface area contributed by atoms with Crippen LogP contribution in [0.1, 0.15) is 21.6 Å². The molecule has 2 N–H and O–H groups in total. The fourth-order valence-corrected chi connectivity index (χ4v) is 3.35. The number of fused-ring (bicyclic) bond motifs is 3. The molecule has 27 heavy (non-hydrogen) atoms. The number of primary amides is 1.